The summed E-state index contributed by atoms with van der Waals surface area (Å²) in [6.45, 7) is 0. The van der Waals surface area contributed by atoms with E-state index in [0.717, 1.165) is 49.6 Å². The Kier molecular flexibility index (Phi) is 3.25. The second-order valence-electron chi connectivity index (χ2n) is 7.34. The molecule has 4 aromatic heterocycles. The molecule has 0 saturated carbocycles. The van der Waals surface area contributed by atoms with Gasteiger partial charge >= 0.3 is 0 Å². The Morgan fingerprint density at radius 2 is 1.21 bits per heavy atom. The van der Waals surface area contributed by atoms with Crippen molar-refractivity contribution in [2.45, 2.75) is 0 Å². The SMILES string of the molecule is Oc1cc2[nH]c1=Cc1[nH]c(c3ccccc13)C=c1ccc([nH]1)=Cc1ccc([nH]1)C=2. The number of benzene rings is 1. The fourth-order valence-corrected chi connectivity index (χ4v) is 3.96. The third-order valence-electron chi connectivity index (χ3n) is 5.30. The van der Waals surface area contributed by atoms with Crippen LogP contribution in [0.4, 0.5) is 0 Å². The number of nitrogens with one attached hydrogen (secondary N) is 4. The molecule has 1 aliphatic rings. The maximum absolute atomic E-state index is 10.5. The van der Waals surface area contributed by atoms with E-state index in [0.29, 0.717) is 5.35 Å². The second-order valence-corrected chi connectivity index (χ2v) is 7.34. The summed E-state index contributed by atoms with van der Waals surface area (Å²) in [6.07, 6.45) is 8.11. The summed E-state index contributed by atoms with van der Waals surface area (Å²) in [6, 6.07) is 18.2. The molecular formula is C24H18N4O. The molecule has 1 aliphatic heterocycles. The highest BCUT2D eigenvalue weighted by Crippen LogP contribution is 2.23. The zero-order valence-corrected chi connectivity index (χ0v) is 15.5. The molecule has 6 rings (SSSR count). The van der Waals surface area contributed by atoms with Crippen LogP contribution in [0.25, 0.3) is 35.1 Å². The molecule has 0 fully saturated rings. The first-order valence-corrected chi connectivity index (χ1v) is 9.51. The molecule has 0 atom stereocenters. The lowest BCUT2D eigenvalue weighted by Gasteiger charge is -1.91. The van der Waals surface area contributed by atoms with Crippen molar-refractivity contribution in [3.05, 3.63) is 98.8 Å². The molecule has 0 unspecified atom stereocenters. The zero-order valence-electron chi connectivity index (χ0n) is 15.5. The first kappa shape index (κ1) is 15.9. The minimum Gasteiger partial charge on any atom is -0.506 e. The lowest BCUT2D eigenvalue weighted by atomic mass is 10.1. The average molecular weight is 378 g/mol. The summed E-state index contributed by atoms with van der Waals surface area (Å²) in [7, 11) is 0. The number of H-pyrrole nitrogens is 4. The highest BCUT2D eigenvalue weighted by Gasteiger charge is 2.08. The van der Waals surface area contributed by atoms with Crippen LogP contribution < -0.4 is 21.4 Å². The van der Waals surface area contributed by atoms with Crippen molar-refractivity contribution in [2.24, 2.45) is 0 Å². The van der Waals surface area contributed by atoms with Crippen LogP contribution >= 0.6 is 0 Å². The minimum absolute atomic E-state index is 0.219. The molecule has 0 radical (unpaired) electrons. The second kappa shape index (κ2) is 5.94. The summed E-state index contributed by atoms with van der Waals surface area (Å²) in [5, 5.41) is 16.2. The molecule has 1 aromatic carbocycles. The predicted molar refractivity (Wildman–Crippen MR) is 115 cm³/mol. The van der Waals surface area contributed by atoms with Crippen LogP contribution in [0.3, 0.4) is 0 Å². The number of fused-ring (bicyclic) bond motifs is 11. The Balaban J connectivity index is 1.73. The number of aromatic amines is 4. The molecule has 5 heterocycles. The lowest BCUT2D eigenvalue weighted by molar-refractivity contribution is 0.471. The highest BCUT2D eigenvalue weighted by atomic mass is 16.3. The van der Waals surface area contributed by atoms with E-state index in [-0.39, 0.29) is 5.75 Å². The van der Waals surface area contributed by atoms with Crippen molar-refractivity contribution >= 4 is 35.1 Å². The van der Waals surface area contributed by atoms with E-state index >= 15 is 0 Å². The van der Waals surface area contributed by atoms with Gasteiger partial charge in [-0.15, -0.1) is 0 Å². The third-order valence-corrected chi connectivity index (χ3v) is 5.30. The van der Waals surface area contributed by atoms with Gasteiger partial charge in [0.2, 0.25) is 0 Å². The van der Waals surface area contributed by atoms with Crippen molar-refractivity contribution < 1.29 is 5.11 Å². The molecule has 0 amide bonds. The minimum atomic E-state index is 0.219. The van der Waals surface area contributed by atoms with Gasteiger partial charge in [-0.3, -0.25) is 0 Å². The van der Waals surface area contributed by atoms with Crippen LogP contribution in [-0.2, 0) is 0 Å². The topological polar surface area (TPSA) is 83.4 Å². The van der Waals surface area contributed by atoms with E-state index in [2.05, 4.69) is 56.4 Å². The number of rotatable bonds is 0. The van der Waals surface area contributed by atoms with Crippen molar-refractivity contribution in [1.29, 1.82) is 0 Å². The number of hydrogen-bond acceptors (Lipinski definition) is 1. The third kappa shape index (κ3) is 2.72. The fourth-order valence-electron chi connectivity index (χ4n) is 3.96. The van der Waals surface area contributed by atoms with Gasteiger partial charge < -0.3 is 25.0 Å². The summed E-state index contributed by atoms with van der Waals surface area (Å²) in [5.74, 6) is 0.219. The molecule has 0 aliphatic carbocycles. The molecule has 8 bridgehead atoms. The van der Waals surface area contributed by atoms with Gasteiger partial charge in [0.25, 0.3) is 0 Å². The molecule has 5 aromatic rings. The molecular weight excluding hydrogens is 360 g/mol. The average Bonchev–Trinajstić information content (AvgIpc) is 3.47. The molecule has 5 N–H and O–H groups in total. The van der Waals surface area contributed by atoms with Crippen LogP contribution in [0.15, 0.2) is 54.6 Å². The summed E-state index contributed by atoms with van der Waals surface area (Å²) >= 11 is 0. The van der Waals surface area contributed by atoms with E-state index in [1.54, 1.807) is 6.07 Å². The zero-order chi connectivity index (χ0) is 19.4. The van der Waals surface area contributed by atoms with Gasteiger partial charge in [-0.05, 0) is 48.6 Å². The van der Waals surface area contributed by atoms with Gasteiger partial charge in [-0.1, -0.05) is 24.3 Å². The highest BCUT2D eigenvalue weighted by molar-refractivity contribution is 5.95. The van der Waals surface area contributed by atoms with E-state index in [4.69, 9.17) is 0 Å². The largest absolute Gasteiger partial charge is 0.506 e. The molecule has 140 valence electrons. The Bertz CT molecular complexity index is 1620. The fraction of sp³-hybridized carbons (Fsp3) is 0. The maximum atomic E-state index is 10.5. The monoisotopic (exact) mass is 378 g/mol. The Hall–Kier alpha value is -4.12. The quantitative estimate of drug-likeness (QED) is 0.273. The van der Waals surface area contributed by atoms with Crippen molar-refractivity contribution in [1.82, 2.24) is 19.9 Å². The standard InChI is InChI=1S/C24H18N4O/c29-24-12-18-10-16-6-5-14(25-16)9-15-7-8-17(26-15)11-21-19-3-1-2-4-20(19)22(28-21)13-23(24)27-18/h1-13,25-29H. The van der Waals surface area contributed by atoms with Gasteiger partial charge in [0.15, 0.2) is 0 Å². The molecule has 5 nitrogen and oxygen atoms in total. The van der Waals surface area contributed by atoms with Crippen LogP contribution in [0.5, 0.6) is 5.75 Å². The Morgan fingerprint density at radius 3 is 1.97 bits per heavy atom. The molecule has 0 saturated heterocycles. The van der Waals surface area contributed by atoms with Gasteiger partial charge in [-0.2, -0.15) is 0 Å². The Labute approximate surface area is 165 Å². The van der Waals surface area contributed by atoms with E-state index in [1.807, 2.05) is 36.4 Å². The molecule has 29 heavy (non-hydrogen) atoms. The van der Waals surface area contributed by atoms with Crippen LogP contribution in [0, 0.1) is 0 Å². The summed E-state index contributed by atoms with van der Waals surface area (Å²) < 4.78 is 0. The first-order chi connectivity index (χ1) is 14.2. The molecule has 0 spiro atoms. The first-order valence-electron chi connectivity index (χ1n) is 9.51. The summed E-state index contributed by atoms with van der Waals surface area (Å²) in [4.78, 5) is 13.6. The number of hydrogen-bond donors (Lipinski definition) is 5. The van der Waals surface area contributed by atoms with E-state index in [1.165, 1.54) is 0 Å². The summed E-state index contributed by atoms with van der Waals surface area (Å²) in [5.41, 5.74) is 3.93. The van der Waals surface area contributed by atoms with Crippen molar-refractivity contribution in [2.75, 3.05) is 0 Å². The number of aromatic nitrogens is 4. The lowest BCUT2D eigenvalue weighted by Crippen LogP contribution is -2.10. The van der Waals surface area contributed by atoms with Crippen LogP contribution in [-0.4, -0.2) is 25.0 Å². The Morgan fingerprint density at radius 1 is 0.552 bits per heavy atom. The van der Waals surface area contributed by atoms with Gasteiger partial charge in [-0.25, -0.2) is 0 Å². The van der Waals surface area contributed by atoms with E-state index in [9.17, 15) is 5.11 Å². The van der Waals surface area contributed by atoms with Crippen molar-refractivity contribution in [3.63, 3.8) is 0 Å². The number of aromatic hydroxyl groups is 1. The van der Waals surface area contributed by atoms with Crippen molar-refractivity contribution in [3.8, 4) is 5.75 Å². The van der Waals surface area contributed by atoms with E-state index < -0.39 is 0 Å². The van der Waals surface area contributed by atoms with Crippen LogP contribution in [0.2, 0.25) is 0 Å². The predicted octanol–water partition coefficient (Wildman–Crippen LogP) is 1.49. The van der Waals surface area contributed by atoms with Crippen LogP contribution in [0.1, 0.15) is 22.8 Å². The van der Waals surface area contributed by atoms with Gasteiger partial charge in [0.1, 0.15) is 5.75 Å². The van der Waals surface area contributed by atoms with Gasteiger partial charge in [0.05, 0.1) is 5.35 Å². The smallest absolute Gasteiger partial charge is 0.141 e. The normalized spacial score (nSPS) is 12.7. The molecule has 5 heteroatoms. The van der Waals surface area contributed by atoms with Gasteiger partial charge in [0, 0.05) is 55.7 Å². The maximum Gasteiger partial charge on any atom is 0.141 e.